The molecule has 0 saturated heterocycles. The van der Waals surface area contributed by atoms with Crippen LogP contribution in [0.2, 0.25) is 0 Å². The Morgan fingerprint density at radius 1 is 1.33 bits per heavy atom. The molecule has 7 nitrogen and oxygen atoms in total. The van der Waals surface area contributed by atoms with Crippen LogP contribution in [0.4, 0.5) is 11.5 Å². The second kappa shape index (κ2) is 6.92. The van der Waals surface area contributed by atoms with E-state index in [0.29, 0.717) is 23.8 Å². The van der Waals surface area contributed by atoms with Gasteiger partial charge in [0.1, 0.15) is 5.82 Å². The van der Waals surface area contributed by atoms with Crippen molar-refractivity contribution in [2.24, 2.45) is 5.92 Å². The minimum atomic E-state index is -0.870. The molecule has 1 aromatic carbocycles. The van der Waals surface area contributed by atoms with E-state index in [1.807, 2.05) is 20.8 Å². The van der Waals surface area contributed by atoms with E-state index >= 15 is 0 Å². The number of nitrogens with one attached hydrogen (secondary N) is 1. The molecule has 0 aliphatic heterocycles. The summed E-state index contributed by atoms with van der Waals surface area (Å²) in [5, 5.41) is 24.4. The maximum Gasteiger partial charge on any atom is 0.270 e. The standard InChI is InChI=1S/C17H22N4O3/c1-11(2)17(4,22)10-18-15-8-12(3)19-16(20-15)13-6-5-7-14(9-13)21(23)24/h5-9,11,22H,10H2,1-4H3,(H,18,19,20). The van der Waals surface area contributed by atoms with Crippen molar-refractivity contribution < 1.29 is 10.0 Å². The molecule has 128 valence electrons. The second-order valence-corrected chi connectivity index (χ2v) is 6.39. The summed E-state index contributed by atoms with van der Waals surface area (Å²) in [6.07, 6.45) is 0. The van der Waals surface area contributed by atoms with Crippen LogP contribution < -0.4 is 5.32 Å². The van der Waals surface area contributed by atoms with Gasteiger partial charge in [-0.05, 0) is 19.8 Å². The number of aryl methyl sites for hydroxylation is 1. The van der Waals surface area contributed by atoms with Gasteiger partial charge in [0.25, 0.3) is 5.69 Å². The van der Waals surface area contributed by atoms with E-state index in [1.54, 1.807) is 25.1 Å². The van der Waals surface area contributed by atoms with Gasteiger partial charge in [-0.1, -0.05) is 26.0 Å². The highest BCUT2D eigenvalue weighted by atomic mass is 16.6. The van der Waals surface area contributed by atoms with Gasteiger partial charge in [0.2, 0.25) is 0 Å². The number of rotatable bonds is 6. The Kier molecular flexibility index (Phi) is 5.14. The third-order valence-electron chi connectivity index (χ3n) is 4.04. The minimum absolute atomic E-state index is 0.00476. The Bertz CT molecular complexity index is 744. The molecule has 0 radical (unpaired) electrons. The fourth-order valence-corrected chi connectivity index (χ4v) is 2.02. The van der Waals surface area contributed by atoms with E-state index in [-0.39, 0.29) is 11.6 Å². The smallest absolute Gasteiger partial charge is 0.270 e. The van der Waals surface area contributed by atoms with Gasteiger partial charge in [-0.3, -0.25) is 10.1 Å². The third kappa shape index (κ3) is 4.26. The van der Waals surface area contributed by atoms with Gasteiger partial charge in [-0.15, -0.1) is 0 Å². The summed E-state index contributed by atoms with van der Waals surface area (Å²) < 4.78 is 0. The van der Waals surface area contributed by atoms with Crippen LogP contribution in [0, 0.1) is 23.0 Å². The third-order valence-corrected chi connectivity index (χ3v) is 4.04. The van der Waals surface area contributed by atoms with E-state index in [4.69, 9.17) is 0 Å². The van der Waals surface area contributed by atoms with Crippen LogP contribution in [0.15, 0.2) is 30.3 Å². The topological polar surface area (TPSA) is 101 Å². The molecular weight excluding hydrogens is 308 g/mol. The van der Waals surface area contributed by atoms with Crippen LogP contribution in [0.3, 0.4) is 0 Å². The normalized spacial score (nSPS) is 13.6. The molecule has 0 bridgehead atoms. The number of anilines is 1. The molecule has 2 N–H and O–H groups in total. The fraction of sp³-hybridized carbons (Fsp3) is 0.412. The summed E-state index contributed by atoms with van der Waals surface area (Å²) in [6.45, 7) is 7.83. The molecule has 0 spiro atoms. The first-order chi connectivity index (χ1) is 11.2. The van der Waals surface area contributed by atoms with Crippen molar-refractivity contribution in [2.75, 3.05) is 11.9 Å². The van der Waals surface area contributed by atoms with E-state index in [1.165, 1.54) is 12.1 Å². The van der Waals surface area contributed by atoms with Crippen molar-refractivity contribution in [3.63, 3.8) is 0 Å². The van der Waals surface area contributed by atoms with Crippen molar-refractivity contribution >= 4 is 11.5 Å². The van der Waals surface area contributed by atoms with Gasteiger partial charge in [-0.25, -0.2) is 9.97 Å². The second-order valence-electron chi connectivity index (χ2n) is 6.39. The van der Waals surface area contributed by atoms with Crippen molar-refractivity contribution in [1.29, 1.82) is 0 Å². The van der Waals surface area contributed by atoms with Gasteiger partial charge >= 0.3 is 0 Å². The zero-order valence-electron chi connectivity index (χ0n) is 14.3. The number of benzene rings is 1. The highest BCUT2D eigenvalue weighted by Crippen LogP contribution is 2.23. The summed E-state index contributed by atoms with van der Waals surface area (Å²) in [5.74, 6) is 1.07. The minimum Gasteiger partial charge on any atom is -0.388 e. The van der Waals surface area contributed by atoms with E-state index in [2.05, 4.69) is 15.3 Å². The molecule has 0 fully saturated rings. The zero-order valence-corrected chi connectivity index (χ0v) is 14.3. The predicted octanol–water partition coefficient (Wildman–Crippen LogP) is 3.18. The molecule has 1 unspecified atom stereocenters. The molecule has 0 aliphatic carbocycles. The van der Waals surface area contributed by atoms with E-state index in [9.17, 15) is 15.2 Å². The fourth-order valence-electron chi connectivity index (χ4n) is 2.02. The van der Waals surface area contributed by atoms with Crippen LogP contribution in [0.5, 0.6) is 0 Å². The van der Waals surface area contributed by atoms with Gasteiger partial charge in [0.15, 0.2) is 5.82 Å². The number of aromatic nitrogens is 2. The average Bonchev–Trinajstić information content (AvgIpc) is 2.52. The van der Waals surface area contributed by atoms with Crippen LogP contribution in [0.25, 0.3) is 11.4 Å². The van der Waals surface area contributed by atoms with Gasteiger partial charge in [0, 0.05) is 36.0 Å². The van der Waals surface area contributed by atoms with Crippen molar-refractivity contribution in [3.05, 3.63) is 46.1 Å². The maximum atomic E-state index is 10.9. The first kappa shape index (κ1) is 17.8. The van der Waals surface area contributed by atoms with Crippen LogP contribution in [-0.2, 0) is 0 Å². The molecule has 0 aliphatic rings. The van der Waals surface area contributed by atoms with Gasteiger partial charge in [-0.2, -0.15) is 0 Å². The van der Waals surface area contributed by atoms with Crippen molar-refractivity contribution in [3.8, 4) is 11.4 Å². The molecule has 0 amide bonds. The summed E-state index contributed by atoms with van der Waals surface area (Å²) in [6, 6.07) is 7.99. The number of nitrogens with zero attached hydrogens (tertiary/aromatic N) is 3. The predicted molar refractivity (Wildman–Crippen MR) is 92.8 cm³/mol. The maximum absolute atomic E-state index is 10.9. The molecule has 2 rings (SSSR count). The number of hydrogen-bond donors (Lipinski definition) is 2. The lowest BCUT2D eigenvalue weighted by atomic mass is 9.92. The molecule has 0 saturated carbocycles. The Morgan fingerprint density at radius 3 is 2.67 bits per heavy atom. The summed E-state index contributed by atoms with van der Waals surface area (Å²) in [7, 11) is 0. The van der Waals surface area contributed by atoms with Crippen LogP contribution in [0.1, 0.15) is 26.5 Å². The number of nitro groups is 1. The molecule has 1 aromatic heterocycles. The van der Waals surface area contributed by atoms with Crippen molar-refractivity contribution in [1.82, 2.24) is 9.97 Å². The first-order valence-corrected chi connectivity index (χ1v) is 7.76. The Balaban J connectivity index is 2.29. The van der Waals surface area contributed by atoms with Crippen LogP contribution >= 0.6 is 0 Å². The van der Waals surface area contributed by atoms with Gasteiger partial charge in [0.05, 0.1) is 10.5 Å². The Morgan fingerprint density at radius 2 is 2.04 bits per heavy atom. The van der Waals surface area contributed by atoms with E-state index in [0.717, 1.165) is 5.69 Å². The lowest BCUT2D eigenvalue weighted by molar-refractivity contribution is -0.384. The van der Waals surface area contributed by atoms with E-state index < -0.39 is 10.5 Å². The van der Waals surface area contributed by atoms with Crippen LogP contribution in [-0.4, -0.2) is 32.1 Å². The lowest BCUT2D eigenvalue weighted by Crippen LogP contribution is -2.38. The number of non-ortho nitro benzene ring substituents is 1. The van der Waals surface area contributed by atoms with Crippen molar-refractivity contribution in [2.45, 2.75) is 33.3 Å². The SMILES string of the molecule is Cc1cc(NCC(C)(O)C(C)C)nc(-c2cccc([N+](=O)[O-])c2)n1. The number of nitro benzene ring substituents is 1. The quantitative estimate of drug-likeness (QED) is 0.623. The van der Waals surface area contributed by atoms with Gasteiger partial charge < -0.3 is 10.4 Å². The molecule has 2 aromatic rings. The zero-order chi connectivity index (χ0) is 17.9. The Labute approximate surface area is 140 Å². The number of aliphatic hydroxyl groups is 1. The number of hydrogen-bond acceptors (Lipinski definition) is 6. The summed E-state index contributed by atoms with van der Waals surface area (Å²) in [4.78, 5) is 19.2. The summed E-state index contributed by atoms with van der Waals surface area (Å²) in [5.41, 5.74) is 0.435. The highest BCUT2D eigenvalue weighted by Gasteiger charge is 2.24. The molecule has 1 atom stereocenters. The lowest BCUT2D eigenvalue weighted by Gasteiger charge is -2.28. The first-order valence-electron chi connectivity index (χ1n) is 7.76. The molecular formula is C17H22N4O3. The monoisotopic (exact) mass is 330 g/mol. The Hall–Kier alpha value is -2.54. The highest BCUT2D eigenvalue weighted by molar-refractivity contribution is 5.61. The molecule has 7 heteroatoms. The molecule has 1 heterocycles. The largest absolute Gasteiger partial charge is 0.388 e. The molecule has 24 heavy (non-hydrogen) atoms. The summed E-state index contributed by atoms with van der Waals surface area (Å²) >= 11 is 0. The average molecular weight is 330 g/mol.